The van der Waals surface area contributed by atoms with E-state index in [0.717, 1.165) is 0 Å². The fourth-order valence-corrected chi connectivity index (χ4v) is 3.57. The molecule has 2 amide bonds. The summed E-state index contributed by atoms with van der Waals surface area (Å²) < 4.78 is 16.2. The number of carbonyl (C=O) groups is 3. The maximum absolute atomic E-state index is 12.5. The minimum atomic E-state index is -0.619. The molecule has 2 heterocycles. The Balaban J connectivity index is 2.08. The van der Waals surface area contributed by atoms with E-state index in [1.165, 1.54) is 18.7 Å². The number of amides is 2. The van der Waals surface area contributed by atoms with Gasteiger partial charge in [0.1, 0.15) is 30.9 Å². The molecule has 152 valence electrons. The molecule has 0 aromatic carbocycles. The molecule has 0 bridgehead atoms. The van der Waals surface area contributed by atoms with E-state index in [1.54, 1.807) is 0 Å². The Kier molecular flexibility index (Phi) is 6.80. The van der Waals surface area contributed by atoms with Gasteiger partial charge in [-0.2, -0.15) is 4.99 Å². The smallest absolute Gasteiger partial charge is 0.347 e. The van der Waals surface area contributed by atoms with Crippen molar-refractivity contribution in [1.82, 2.24) is 9.80 Å². The molecule has 9 heteroatoms. The van der Waals surface area contributed by atoms with Crippen LogP contribution in [-0.4, -0.2) is 77.3 Å². The van der Waals surface area contributed by atoms with Crippen LogP contribution in [0.4, 0.5) is 4.79 Å². The summed E-state index contributed by atoms with van der Waals surface area (Å²) in [6, 6.07) is 0.0222. The van der Waals surface area contributed by atoms with Gasteiger partial charge in [0.15, 0.2) is 0 Å². The maximum atomic E-state index is 12.5. The van der Waals surface area contributed by atoms with Crippen molar-refractivity contribution in [2.75, 3.05) is 13.2 Å². The summed E-state index contributed by atoms with van der Waals surface area (Å²) in [5.41, 5.74) is 0. The average molecular weight is 383 g/mol. The average Bonchev–Trinajstić information content (AvgIpc) is 3.07. The van der Waals surface area contributed by atoms with E-state index in [4.69, 9.17) is 14.2 Å². The van der Waals surface area contributed by atoms with Crippen molar-refractivity contribution in [1.29, 1.82) is 0 Å². The van der Waals surface area contributed by atoms with Crippen LogP contribution >= 0.6 is 0 Å². The number of nitrogens with zero attached hydrogens (tertiary/aromatic N) is 3. The lowest BCUT2D eigenvalue weighted by Gasteiger charge is -2.33. The van der Waals surface area contributed by atoms with Crippen LogP contribution in [0.2, 0.25) is 0 Å². The number of aliphatic imine (C=N–C) groups is 1. The van der Waals surface area contributed by atoms with Gasteiger partial charge in [-0.05, 0) is 27.7 Å². The monoisotopic (exact) mass is 383 g/mol. The van der Waals surface area contributed by atoms with Crippen LogP contribution in [0, 0.1) is 0 Å². The van der Waals surface area contributed by atoms with Gasteiger partial charge in [-0.1, -0.05) is 0 Å². The molecule has 0 aromatic heterocycles. The third-order valence-electron chi connectivity index (χ3n) is 4.49. The highest BCUT2D eigenvalue weighted by Gasteiger charge is 2.44. The number of rotatable bonds is 6. The van der Waals surface area contributed by atoms with Gasteiger partial charge in [0.05, 0.1) is 6.54 Å². The molecule has 0 N–H and O–H groups in total. The van der Waals surface area contributed by atoms with Crippen LogP contribution in [0.25, 0.3) is 0 Å². The van der Waals surface area contributed by atoms with Gasteiger partial charge in [-0.15, -0.1) is 0 Å². The first kappa shape index (κ1) is 21.1. The third kappa shape index (κ3) is 5.18. The van der Waals surface area contributed by atoms with Crippen LogP contribution in [0.5, 0.6) is 0 Å². The van der Waals surface area contributed by atoms with Gasteiger partial charge in [-0.3, -0.25) is 14.5 Å². The molecule has 0 radical (unpaired) electrons. The van der Waals surface area contributed by atoms with E-state index in [-0.39, 0.29) is 24.7 Å². The summed E-state index contributed by atoms with van der Waals surface area (Å²) in [6.07, 6.45) is -1.49. The molecule has 2 aliphatic heterocycles. The molecule has 0 saturated carbocycles. The summed E-state index contributed by atoms with van der Waals surface area (Å²) in [4.78, 5) is 42.7. The molecule has 3 atom stereocenters. The molecule has 9 nitrogen and oxygen atoms in total. The molecule has 27 heavy (non-hydrogen) atoms. The van der Waals surface area contributed by atoms with E-state index >= 15 is 0 Å². The second-order valence-corrected chi connectivity index (χ2v) is 7.35. The number of amidine groups is 1. The molecule has 0 aromatic rings. The van der Waals surface area contributed by atoms with E-state index in [2.05, 4.69) is 9.89 Å². The zero-order valence-electron chi connectivity index (χ0n) is 16.8. The normalized spacial score (nSPS) is 25.2. The third-order valence-corrected chi connectivity index (χ3v) is 4.49. The second kappa shape index (κ2) is 8.69. The van der Waals surface area contributed by atoms with Gasteiger partial charge in [0.2, 0.25) is 0 Å². The lowest BCUT2D eigenvalue weighted by Crippen LogP contribution is -2.46. The van der Waals surface area contributed by atoms with Crippen molar-refractivity contribution in [2.45, 2.75) is 78.5 Å². The summed E-state index contributed by atoms with van der Waals surface area (Å²) in [5, 5.41) is 0. The highest BCUT2D eigenvalue weighted by molar-refractivity contribution is 6.01. The minimum absolute atomic E-state index is 0.0381. The number of hydrogen-bond donors (Lipinski definition) is 0. The predicted molar refractivity (Wildman–Crippen MR) is 97.1 cm³/mol. The zero-order chi connectivity index (χ0) is 20.3. The Morgan fingerprint density at radius 2 is 1.85 bits per heavy atom. The van der Waals surface area contributed by atoms with E-state index in [0.29, 0.717) is 18.8 Å². The first-order valence-corrected chi connectivity index (χ1v) is 9.22. The Labute approximate surface area is 159 Å². The SMILES string of the molecule is CC(=O)OC[C@H]1O[C@@H](N2CC(N(C(C)C)C(C)C)=NC2=O)C[C@@H]1OC(C)=O. The number of hydrogen-bond acceptors (Lipinski definition) is 7. The Hall–Kier alpha value is -2.16. The minimum Gasteiger partial charge on any atom is -0.463 e. The van der Waals surface area contributed by atoms with E-state index < -0.39 is 30.4 Å². The largest absolute Gasteiger partial charge is 0.463 e. The Bertz CT molecular complexity index is 610. The summed E-state index contributed by atoms with van der Waals surface area (Å²) in [7, 11) is 0. The van der Waals surface area contributed by atoms with Crippen molar-refractivity contribution in [3.05, 3.63) is 0 Å². The van der Waals surface area contributed by atoms with Crippen molar-refractivity contribution >= 4 is 23.8 Å². The van der Waals surface area contributed by atoms with Crippen LogP contribution in [0.1, 0.15) is 48.0 Å². The van der Waals surface area contributed by atoms with Crippen molar-refractivity contribution in [2.24, 2.45) is 4.99 Å². The Morgan fingerprint density at radius 3 is 2.37 bits per heavy atom. The van der Waals surface area contributed by atoms with E-state index in [9.17, 15) is 14.4 Å². The van der Waals surface area contributed by atoms with Crippen molar-refractivity contribution in [3.63, 3.8) is 0 Å². The van der Waals surface area contributed by atoms with Gasteiger partial charge in [-0.25, -0.2) is 4.79 Å². The molecule has 1 saturated heterocycles. The van der Waals surface area contributed by atoms with Crippen molar-refractivity contribution in [3.8, 4) is 0 Å². The van der Waals surface area contributed by atoms with Crippen molar-refractivity contribution < 1.29 is 28.6 Å². The summed E-state index contributed by atoms with van der Waals surface area (Å²) >= 11 is 0. The highest BCUT2D eigenvalue weighted by atomic mass is 16.6. The van der Waals surface area contributed by atoms with Gasteiger partial charge in [0, 0.05) is 32.4 Å². The number of esters is 2. The highest BCUT2D eigenvalue weighted by Crippen LogP contribution is 2.29. The molecule has 1 fully saturated rings. The number of ether oxygens (including phenoxy) is 3. The molecule has 0 unspecified atom stereocenters. The molecule has 2 rings (SSSR count). The fraction of sp³-hybridized carbons (Fsp3) is 0.778. The number of urea groups is 1. The van der Waals surface area contributed by atoms with E-state index in [1.807, 2.05) is 27.7 Å². The summed E-state index contributed by atoms with van der Waals surface area (Å²) in [5.74, 6) is -0.204. The van der Waals surface area contributed by atoms with Gasteiger partial charge in [0.25, 0.3) is 0 Å². The van der Waals surface area contributed by atoms with Crippen LogP contribution in [0.15, 0.2) is 4.99 Å². The van der Waals surface area contributed by atoms with Crippen LogP contribution in [0.3, 0.4) is 0 Å². The fourth-order valence-electron chi connectivity index (χ4n) is 3.57. The second-order valence-electron chi connectivity index (χ2n) is 7.35. The molecule has 0 aliphatic carbocycles. The molecular weight excluding hydrogens is 354 g/mol. The zero-order valence-corrected chi connectivity index (χ0v) is 16.8. The first-order valence-electron chi connectivity index (χ1n) is 9.22. The topological polar surface area (TPSA) is 97.7 Å². The molecule has 0 spiro atoms. The van der Waals surface area contributed by atoms with Gasteiger partial charge < -0.3 is 19.1 Å². The summed E-state index contributed by atoms with van der Waals surface area (Å²) in [6.45, 7) is 11.1. The molecule has 2 aliphatic rings. The Morgan fingerprint density at radius 1 is 1.22 bits per heavy atom. The maximum Gasteiger partial charge on any atom is 0.347 e. The predicted octanol–water partition coefficient (Wildman–Crippen LogP) is 1.55. The quantitative estimate of drug-likeness (QED) is 0.642. The van der Waals surface area contributed by atoms with Crippen LogP contribution in [-0.2, 0) is 23.8 Å². The molecular formula is C18H29N3O6. The van der Waals surface area contributed by atoms with Crippen LogP contribution < -0.4 is 0 Å². The standard InChI is InChI=1S/C18H29N3O6/c1-10(2)21(11(3)4)16-8-20(18(24)19-16)17-7-14(26-13(6)23)15(27-17)9-25-12(5)22/h10-11,14-15,17H,7-9H2,1-6H3/t14-,15+,17+/m0/s1. The number of carbonyl (C=O) groups excluding carboxylic acids is 3. The first-order chi connectivity index (χ1) is 12.6. The lowest BCUT2D eigenvalue weighted by atomic mass is 10.1. The lowest BCUT2D eigenvalue weighted by molar-refractivity contribution is -0.155. The van der Waals surface area contributed by atoms with Gasteiger partial charge >= 0.3 is 18.0 Å².